The summed E-state index contributed by atoms with van der Waals surface area (Å²) in [5.41, 5.74) is 1.22. The molecule has 96 valence electrons. The van der Waals surface area contributed by atoms with Gasteiger partial charge in [0.15, 0.2) is 0 Å². The van der Waals surface area contributed by atoms with Crippen molar-refractivity contribution in [1.29, 1.82) is 0 Å². The second kappa shape index (κ2) is 9.57. The summed E-state index contributed by atoms with van der Waals surface area (Å²) in [5.74, 6) is 7.51. The molecule has 1 aromatic carbocycles. The van der Waals surface area contributed by atoms with Crippen LogP contribution in [0, 0.1) is 24.2 Å². The molecule has 1 N–H and O–H groups in total. The molecule has 0 radical (unpaired) electrons. The molecule has 1 rings (SSSR count). The summed E-state index contributed by atoms with van der Waals surface area (Å²) >= 11 is 0. The molecule has 1 aromatic rings. The van der Waals surface area contributed by atoms with E-state index in [2.05, 4.69) is 23.1 Å². The van der Waals surface area contributed by atoms with E-state index in [4.69, 9.17) is 6.42 Å². The quantitative estimate of drug-likeness (QED) is 0.469. The number of hydrogen-bond donors (Lipinski definition) is 1. The van der Waals surface area contributed by atoms with Gasteiger partial charge in [0.25, 0.3) is 0 Å². The van der Waals surface area contributed by atoms with Crippen LogP contribution in [0.3, 0.4) is 0 Å². The van der Waals surface area contributed by atoms with Crippen molar-refractivity contribution < 1.29 is 4.79 Å². The maximum Gasteiger partial charge on any atom is 0.243 e. The number of amides is 1. The standard InChI is InChI=1S/C17H17NO/c1-2-3-4-5-6-10-13-17(19)18-15-14-16-11-8-7-9-12-16/h1,7-13H,5-6,14-15H2,(H,18,19)/b13-10-. The Morgan fingerprint density at radius 2 is 2.11 bits per heavy atom. The number of nitrogens with one attached hydrogen (secondary N) is 1. The summed E-state index contributed by atoms with van der Waals surface area (Å²) in [7, 11) is 0. The molecule has 0 atom stereocenters. The molecule has 0 fully saturated rings. The van der Waals surface area contributed by atoms with Crippen LogP contribution in [-0.4, -0.2) is 12.5 Å². The van der Waals surface area contributed by atoms with Gasteiger partial charge in [-0.1, -0.05) is 42.3 Å². The first-order valence-corrected chi connectivity index (χ1v) is 6.24. The van der Waals surface area contributed by atoms with Gasteiger partial charge in [0, 0.05) is 13.0 Å². The Bertz CT molecular complexity index is 512. The van der Waals surface area contributed by atoms with Gasteiger partial charge in [-0.2, -0.15) is 0 Å². The van der Waals surface area contributed by atoms with E-state index in [1.807, 2.05) is 36.4 Å². The molecule has 0 heterocycles. The molecule has 0 aliphatic rings. The average molecular weight is 251 g/mol. The van der Waals surface area contributed by atoms with Gasteiger partial charge < -0.3 is 5.32 Å². The van der Waals surface area contributed by atoms with E-state index < -0.39 is 0 Å². The summed E-state index contributed by atoms with van der Waals surface area (Å²) in [4.78, 5) is 11.5. The lowest BCUT2D eigenvalue weighted by atomic mass is 10.1. The second-order valence-corrected chi connectivity index (χ2v) is 3.91. The highest BCUT2D eigenvalue weighted by atomic mass is 16.1. The third kappa shape index (κ3) is 7.47. The molecule has 0 saturated carbocycles. The van der Waals surface area contributed by atoms with E-state index >= 15 is 0 Å². The molecular formula is C17H17NO. The van der Waals surface area contributed by atoms with Crippen LogP contribution in [0.2, 0.25) is 0 Å². The van der Waals surface area contributed by atoms with E-state index in [1.54, 1.807) is 6.08 Å². The molecule has 2 heteroatoms. The molecule has 1 amide bonds. The van der Waals surface area contributed by atoms with Crippen molar-refractivity contribution >= 4 is 5.91 Å². The third-order valence-corrected chi connectivity index (χ3v) is 2.42. The number of unbranched alkanes of at least 4 members (excludes halogenated alkanes) is 1. The van der Waals surface area contributed by atoms with E-state index in [-0.39, 0.29) is 5.91 Å². The first kappa shape index (κ1) is 14.6. The summed E-state index contributed by atoms with van der Waals surface area (Å²) in [6, 6.07) is 10.1. The van der Waals surface area contributed by atoms with Crippen molar-refractivity contribution in [3.8, 4) is 24.2 Å². The summed E-state index contributed by atoms with van der Waals surface area (Å²) in [5, 5.41) is 2.84. The van der Waals surface area contributed by atoms with Gasteiger partial charge in [-0.15, -0.1) is 6.42 Å². The molecular weight excluding hydrogens is 234 g/mol. The van der Waals surface area contributed by atoms with E-state index in [9.17, 15) is 4.79 Å². The molecule has 2 nitrogen and oxygen atoms in total. The number of allylic oxidation sites excluding steroid dienone is 1. The van der Waals surface area contributed by atoms with Crippen LogP contribution >= 0.6 is 0 Å². The maximum atomic E-state index is 11.5. The molecule has 0 aliphatic heterocycles. The van der Waals surface area contributed by atoms with Crippen LogP contribution in [0.1, 0.15) is 18.4 Å². The first-order valence-electron chi connectivity index (χ1n) is 6.24. The number of benzene rings is 1. The monoisotopic (exact) mass is 251 g/mol. The smallest absolute Gasteiger partial charge is 0.243 e. The minimum absolute atomic E-state index is 0.0687. The largest absolute Gasteiger partial charge is 0.352 e. The van der Waals surface area contributed by atoms with E-state index in [1.165, 1.54) is 5.56 Å². The minimum Gasteiger partial charge on any atom is -0.352 e. The van der Waals surface area contributed by atoms with Crippen molar-refractivity contribution in [3.63, 3.8) is 0 Å². The van der Waals surface area contributed by atoms with Crippen molar-refractivity contribution in [1.82, 2.24) is 5.32 Å². The zero-order valence-electron chi connectivity index (χ0n) is 10.9. The average Bonchev–Trinajstić information content (AvgIpc) is 2.44. The Morgan fingerprint density at radius 3 is 2.84 bits per heavy atom. The number of terminal acetylenes is 1. The fraction of sp³-hybridized carbons (Fsp3) is 0.235. The predicted octanol–water partition coefficient (Wildman–Crippen LogP) is 2.32. The minimum atomic E-state index is -0.0687. The zero-order valence-corrected chi connectivity index (χ0v) is 10.9. The fourth-order valence-electron chi connectivity index (χ4n) is 1.49. The first-order chi connectivity index (χ1) is 9.33. The van der Waals surface area contributed by atoms with Crippen LogP contribution in [0.4, 0.5) is 0 Å². The van der Waals surface area contributed by atoms with Gasteiger partial charge in [-0.3, -0.25) is 4.79 Å². The van der Waals surface area contributed by atoms with Crippen LogP contribution in [0.5, 0.6) is 0 Å². The van der Waals surface area contributed by atoms with Gasteiger partial charge in [0.1, 0.15) is 0 Å². The Kier molecular flexibility index (Phi) is 7.36. The molecule has 0 aromatic heterocycles. The number of rotatable bonds is 6. The highest BCUT2D eigenvalue weighted by Gasteiger charge is 1.95. The van der Waals surface area contributed by atoms with E-state index in [0.717, 1.165) is 12.8 Å². The third-order valence-electron chi connectivity index (χ3n) is 2.42. The topological polar surface area (TPSA) is 29.1 Å². The molecule has 0 unspecified atom stereocenters. The fourth-order valence-corrected chi connectivity index (χ4v) is 1.49. The number of hydrogen-bond acceptors (Lipinski definition) is 1. The summed E-state index contributed by atoms with van der Waals surface area (Å²) in [6.07, 6.45) is 10.6. The van der Waals surface area contributed by atoms with Gasteiger partial charge in [0.2, 0.25) is 5.91 Å². The van der Waals surface area contributed by atoms with Crippen molar-refractivity contribution in [3.05, 3.63) is 48.0 Å². The molecule has 0 bridgehead atoms. The van der Waals surface area contributed by atoms with Gasteiger partial charge in [-0.05, 0) is 36.3 Å². The Morgan fingerprint density at radius 1 is 1.32 bits per heavy atom. The molecule has 0 aliphatic carbocycles. The van der Waals surface area contributed by atoms with Crippen LogP contribution in [0.15, 0.2) is 42.5 Å². The lowest BCUT2D eigenvalue weighted by molar-refractivity contribution is -0.116. The van der Waals surface area contributed by atoms with Gasteiger partial charge >= 0.3 is 0 Å². The summed E-state index contributed by atoms with van der Waals surface area (Å²) < 4.78 is 0. The highest BCUT2D eigenvalue weighted by molar-refractivity contribution is 5.87. The zero-order chi connectivity index (χ0) is 13.8. The van der Waals surface area contributed by atoms with Crippen molar-refractivity contribution in [2.45, 2.75) is 19.3 Å². The Balaban J connectivity index is 2.14. The normalized spacial score (nSPS) is 9.42. The van der Waals surface area contributed by atoms with Gasteiger partial charge in [-0.25, -0.2) is 0 Å². The lowest BCUT2D eigenvalue weighted by Gasteiger charge is -2.02. The number of carbonyl (C=O) groups is 1. The Hall–Kier alpha value is -2.45. The Labute approximate surface area is 114 Å². The molecule has 0 saturated heterocycles. The number of carbonyl (C=O) groups excluding carboxylic acids is 1. The van der Waals surface area contributed by atoms with Crippen molar-refractivity contribution in [2.75, 3.05) is 6.54 Å². The summed E-state index contributed by atoms with van der Waals surface area (Å²) in [6.45, 7) is 0.643. The maximum absolute atomic E-state index is 11.5. The predicted molar refractivity (Wildman–Crippen MR) is 78.1 cm³/mol. The highest BCUT2D eigenvalue weighted by Crippen LogP contribution is 1.98. The SMILES string of the molecule is C#CC#CCC/C=C\C(=O)NCCc1ccccc1. The van der Waals surface area contributed by atoms with E-state index in [0.29, 0.717) is 13.0 Å². The lowest BCUT2D eigenvalue weighted by Crippen LogP contribution is -2.23. The van der Waals surface area contributed by atoms with Crippen LogP contribution < -0.4 is 5.32 Å². The molecule has 0 spiro atoms. The van der Waals surface area contributed by atoms with Crippen LogP contribution in [0.25, 0.3) is 0 Å². The van der Waals surface area contributed by atoms with Gasteiger partial charge in [0.05, 0.1) is 0 Å². The van der Waals surface area contributed by atoms with Crippen molar-refractivity contribution in [2.24, 2.45) is 0 Å². The second-order valence-electron chi connectivity index (χ2n) is 3.91. The molecule has 19 heavy (non-hydrogen) atoms. The van der Waals surface area contributed by atoms with Crippen LogP contribution in [-0.2, 0) is 11.2 Å².